The fourth-order valence-corrected chi connectivity index (χ4v) is 1.62. The lowest BCUT2D eigenvalue weighted by atomic mass is 10.2. The zero-order valence-electron chi connectivity index (χ0n) is 11.2. The minimum Gasteiger partial charge on any atom is -0.307 e. The summed E-state index contributed by atoms with van der Waals surface area (Å²) in [5.74, 6) is 0. The minimum absolute atomic E-state index is 0.0580. The Morgan fingerprint density at radius 3 is 2.50 bits per heavy atom. The van der Waals surface area contributed by atoms with Crippen LogP contribution in [0, 0.1) is 21.4 Å². The number of nitrogens with zero attached hydrogens (tertiary/aromatic N) is 2. The Morgan fingerprint density at radius 2 is 1.86 bits per heavy atom. The van der Waals surface area contributed by atoms with Gasteiger partial charge in [0.1, 0.15) is 0 Å². The van der Waals surface area contributed by atoms with Gasteiger partial charge in [-0.25, -0.2) is 4.79 Å². The van der Waals surface area contributed by atoms with Crippen LogP contribution in [0.3, 0.4) is 0 Å². The van der Waals surface area contributed by atoms with Gasteiger partial charge in [-0.2, -0.15) is 5.26 Å². The monoisotopic (exact) mass is 297 g/mol. The maximum Gasteiger partial charge on any atom is 0.337 e. The summed E-state index contributed by atoms with van der Waals surface area (Å²) in [5.41, 5.74) is 6.41. The molecule has 8 nitrogen and oxygen atoms in total. The van der Waals surface area contributed by atoms with E-state index < -0.39 is 11.0 Å². The first-order valence-corrected chi connectivity index (χ1v) is 6.16. The van der Waals surface area contributed by atoms with E-state index in [1.807, 2.05) is 6.07 Å². The molecule has 2 rings (SSSR count). The van der Waals surface area contributed by atoms with Crippen LogP contribution in [0.15, 0.2) is 48.5 Å². The minimum atomic E-state index is -0.545. The number of nitrogens with one attached hydrogen (secondary N) is 3. The quantitative estimate of drug-likeness (QED) is 0.591. The summed E-state index contributed by atoms with van der Waals surface area (Å²) in [6, 6.07) is 13.5. The van der Waals surface area contributed by atoms with E-state index in [1.165, 1.54) is 24.3 Å². The van der Waals surface area contributed by atoms with E-state index in [1.54, 1.807) is 24.3 Å². The number of hydrazine groups is 1. The number of nitro groups is 1. The van der Waals surface area contributed by atoms with E-state index in [9.17, 15) is 14.9 Å². The molecule has 2 aromatic rings. The maximum absolute atomic E-state index is 11.7. The van der Waals surface area contributed by atoms with Gasteiger partial charge < -0.3 is 5.32 Å². The average Bonchev–Trinajstić information content (AvgIpc) is 2.53. The molecule has 0 fully saturated rings. The highest BCUT2D eigenvalue weighted by atomic mass is 16.6. The van der Waals surface area contributed by atoms with Crippen LogP contribution in [0.2, 0.25) is 0 Å². The number of hydrogen-bond donors (Lipinski definition) is 3. The number of anilines is 2. The lowest BCUT2D eigenvalue weighted by Crippen LogP contribution is -2.33. The summed E-state index contributed by atoms with van der Waals surface area (Å²) >= 11 is 0. The van der Waals surface area contributed by atoms with Gasteiger partial charge in [-0.3, -0.25) is 21.0 Å². The lowest BCUT2D eigenvalue weighted by molar-refractivity contribution is -0.384. The molecule has 0 saturated heterocycles. The van der Waals surface area contributed by atoms with Crippen LogP contribution in [0.25, 0.3) is 0 Å². The molecular weight excluding hydrogens is 286 g/mol. The molecule has 0 aromatic heterocycles. The Bertz CT molecular complexity index is 737. The molecule has 0 aliphatic rings. The van der Waals surface area contributed by atoms with Crippen molar-refractivity contribution >= 4 is 23.1 Å². The van der Waals surface area contributed by atoms with Gasteiger partial charge in [0, 0.05) is 17.8 Å². The SMILES string of the molecule is N#Cc1cccc(NNC(=O)Nc2ccc([N+](=O)[O-])cc2)c1. The Morgan fingerprint density at radius 1 is 1.14 bits per heavy atom. The van der Waals surface area contributed by atoms with Crippen molar-refractivity contribution in [2.45, 2.75) is 0 Å². The average molecular weight is 297 g/mol. The highest BCUT2D eigenvalue weighted by Crippen LogP contribution is 2.15. The number of non-ortho nitro benzene ring substituents is 1. The van der Waals surface area contributed by atoms with E-state index in [0.717, 1.165) is 0 Å². The van der Waals surface area contributed by atoms with E-state index in [2.05, 4.69) is 16.2 Å². The number of urea groups is 1. The van der Waals surface area contributed by atoms with Crippen molar-refractivity contribution in [1.82, 2.24) is 5.43 Å². The van der Waals surface area contributed by atoms with Gasteiger partial charge in [0.15, 0.2) is 0 Å². The number of benzene rings is 2. The standard InChI is InChI=1S/C14H11N5O3/c15-9-10-2-1-3-12(8-10)17-18-14(20)16-11-4-6-13(7-5-11)19(21)22/h1-8,17H,(H2,16,18,20). The summed E-state index contributed by atoms with van der Waals surface area (Å²) in [7, 11) is 0. The van der Waals surface area contributed by atoms with Gasteiger partial charge in [-0.15, -0.1) is 0 Å². The van der Waals surface area contributed by atoms with E-state index in [-0.39, 0.29) is 5.69 Å². The van der Waals surface area contributed by atoms with Crippen LogP contribution in [0.4, 0.5) is 21.9 Å². The Kier molecular flexibility index (Phi) is 4.52. The molecule has 3 N–H and O–H groups in total. The van der Waals surface area contributed by atoms with Crippen LogP contribution in [0.5, 0.6) is 0 Å². The molecule has 2 aromatic carbocycles. The van der Waals surface area contributed by atoms with Crippen LogP contribution in [0.1, 0.15) is 5.56 Å². The zero-order chi connectivity index (χ0) is 15.9. The molecular formula is C14H11N5O3. The second-order valence-corrected chi connectivity index (χ2v) is 4.20. The van der Waals surface area contributed by atoms with Crippen molar-refractivity contribution in [3.8, 4) is 6.07 Å². The van der Waals surface area contributed by atoms with E-state index >= 15 is 0 Å². The van der Waals surface area contributed by atoms with Crippen molar-refractivity contribution in [1.29, 1.82) is 5.26 Å². The number of nitro benzene ring substituents is 1. The molecule has 0 radical (unpaired) electrons. The molecule has 0 bridgehead atoms. The summed E-state index contributed by atoms with van der Waals surface area (Å²) < 4.78 is 0. The number of amides is 2. The molecule has 0 aliphatic carbocycles. The fraction of sp³-hybridized carbons (Fsp3) is 0. The predicted molar refractivity (Wildman–Crippen MR) is 80.0 cm³/mol. The van der Waals surface area contributed by atoms with Crippen LogP contribution < -0.4 is 16.2 Å². The van der Waals surface area contributed by atoms with Gasteiger partial charge in [-0.05, 0) is 30.3 Å². The Labute approximate surface area is 125 Å². The molecule has 0 unspecified atom stereocenters. The first-order chi connectivity index (χ1) is 10.6. The smallest absolute Gasteiger partial charge is 0.307 e. The lowest BCUT2D eigenvalue weighted by Gasteiger charge is -2.10. The van der Waals surface area contributed by atoms with Crippen molar-refractivity contribution in [2.24, 2.45) is 0 Å². The van der Waals surface area contributed by atoms with Gasteiger partial charge in [-0.1, -0.05) is 6.07 Å². The molecule has 0 heterocycles. The molecule has 0 atom stereocenters. The predicted octanol–water partition coefficient (Wildman–Crippen LogP) is 2.62. The van der Waals surface area contributed by atoms with Crippen molar-refractivity contribution < 1.29 is 9.72 Å². The maximum atomic E-state index is 11.7. The van der Waals surface area contributed by atoms with Crippen molar-refractivity contribution in [3.63, 3.8) is 0 Å². The summed E-state index contributed by atoms with van der Waals surface area (Å²) in [4.78, 5) is 21.7. The normalized spacial score (nSPS) is 9.41. The topological polar surface area (TPSA) is 120 Å². The first-order valence-electron chi connectivity index (χ1n) is 6.16. The van der Waals surface area contributed by atoms with Crippen molar-refractivity contribution in [2.75, 3.05) is 10.7 Å². The van der Waals surface area contributed by atoms with E-state index in [4.69, 9.17) is 5.26 Å². The van der Waals surface area contributed by atoms with Crippen LogP contribution >= 0.6 is 0 Å². The van der Waals surface area contributed by atoms with Crippen molar-refractivity contribution in [3.05, 3.63) is 64.2 Å². The molecule has 0 aliphatic heterocycles. The number of hydrogen-bond acceptors (Lipinski definition) is 5. The van der Waals surface area contributed by atoms with Gasteiger partial charge in [0.25, 0.3) is 5.69 Å². The third-order valence-corrected chi connectivity index (χ3v) is 2.65. The second-order valence-electron chi connectivity index (χ2n) is 4.20. The second kappa shape index (κ2) is 6.71. The van der Waals surface area contributed by atoms with Gasteiger partial charge >= 0.3 is 6.03 Å². The number of carbonyl (C=O) groups is 1. The van der Waals surface area contributed by atoms with Crippen LogP contribution in [-0.2, 0) is 0 Å². The largest absolute Gasteiger partial charge is 0.337 e. The summed E-state index contributed by atoms with van der Waals surface area (Å²) in [6.45, 7) is 0. The number of rotatable bonds is 4. The Hall–Kier alpha value is -3.60. The molecule has 22 heavy (non-hydrogen) atoms. The number of carbonyl (C=O) groups excluding carboxylic acids is 1. The number of nitriles is 1. The van der Waals surface area contributed by atoms with E-state index in [0.29, 0.717) is 16.9 Å². The Balaban J connectivity index is 1.90. The first kappa shape index (κ1) is 14.8. The highest BCUT2D eigenvalue weighted by molar-refractivity contribution is 5.90. The molecule has 0 saturated carbocycles. The zero-order valence-corrected chi connectivity index (χ0v) is 11.2. The molecule has 0 spiro atoms. The molecule has 2 amide bonds. The molecule has 8 heteroatoms. The van der Waals surface area contributed by atoms with Gasteiger partial charge in [0.05, 0.1) is 22.2 Å². The third kappa shape index (κ3) is 3.94. The molecule has 110 valence electrons. The highest BCUT2D eigenvalue weighted by Gasteiger charge is 2.06. The summed E-state index contributed by atoms with van der Waals surface area (Å²) in [6.07, 6.45) is 0. The third-order valence-electron chi connectivity index (χ3n) is 2.65. The summed E-state index contributed by atoms with van der Waals surface area (Å²) in [5, 5.41) is 21.8. The fourth-order valence-electron chi connectivity index (χ4n) is 1.62. The van der Waals surface area contributed by atoms with Gasteiger partial charge in [0.2, 0.25) is 0 Å². The van der Waals surface area contributed by atoms with Crippen LogP contribution in [-0.4, -0.2) is 11.0 Å².